The second kappa shape index (κ2) is 10.4. The van der Waals surface area contributed by atoms with Crippen LogP contribution in [0.4, 0.5) is 0 Å². The molecule has 27 heavy (non-hydrogen) atoms. The van der Waals surface area contributed by atoms with E-state index in [2.05, 4.69) is 0 Å². The number of amides is 1. The molecule has 0 radical (unpaired) electrons. The SMILES string of the molecule is CCOC(=O)C(CC)CN(Cc1ccc(OC)cc1)C(=O)c1ccccc1. The molecule has 5 heteroatoms. The summed E-state index contributed by atoms with van der Waals surface area (Å²) in [7, 11) is 1.62. The summed E-state index contributed by atoms with van der Waals surface area (Å²) in [6.45, 7) is 4.78. The Labute approximate surface area is 160 Å². The summed E-state index contributed by atoms with van der Waals surface area (Å²) in [5, 5.41) is 0. The highest BCUT2D eigenvalue weighted by Crippen LogP contribution is 2.17. The van der Waals surface area contributed by atoms with Gasteiger partial charge in [-0.25, -0.2) is 0 Å². The van der Waals surface area contributed by atoms with Gasteiger partial charge in [0.05, 0.1) is 19.6 Å². The van der Waals surface area contributed by atoms with E-state index in [-0.39, 0.29) is 17.8 Å². The summed E-state index contributed by atoms with van der Waals surface area (Å²) < 4.78 is 10.4. The molecular weight excluding hydrogens is 342 g/mol. The molecule has 0 aromatic heterocycles. The van der Waals surface area contributed by atoms with Crippen LogP contribution in [0.5, 0.6) is 5.75 Å². The maximum Gasteiger partial charge on any atom is 0.310 e. The second-order valence-electron chi connectivity index (χ2n) is 6.26. The quantitative estimate of drug-likeness (QED) is 0.629. The molecule has 2 aromatic rings. The van der Waals surface area contributed by atoms with E-state index in [4.69, 9.17) is 9.47 Å². The Morgan fingerprint density at radius 3 is 2.22 bits per heavy atom. The van der Waals surface area contributed by atoms with E-state index < -0.39 is 0 Å². The van der Waals surface area contributed by atoms with Crippen LogP contribution >= 0.6 is 0 Å². The molecule has 0 fully saturated rings. The standard InChI is InChI=1S/C22H27NO4/c1-4-18(22(25)27-5-2)16-23(21(24)19-9-7-6-8-10-19)15-17-11-13-20(26-3)14-12-17/h6-14,18H,4-5,15-16H2,1-3H3. The van der Waals surface area contributed by atoms with Crippen molar-refractivity contribution in [2.75, 3.05) is 20.3 Å². The van der Waals surface area contributed by atoms with Crippen molar-refractivity contribution in [1.82, 2.24) is 4.90 Å². The van der Waals surface area contributed by atoms with Crippen LogP contribution in [-0.4, -0.2) is 37.0 Å². The molecule has 1 atom stereocenters. The minimum absolute atomic E-state index is 0.103. The molecule has 0 bridgehead atoms. The van der Waals surface area contributed by atoms with Crippen molar-refractivity contribution in [3.05, 3.63) is 65.7 Å². The number of methoxy groups -OCH3 is 1. The van der Waals surface area contributed by atoms with Gasteiger partial charge in [0, 0.05) is 18.7 Å². The highest BCUT2D eigenvalue weighted by Gasteiger charge is 2.25. The van der Waals surface area contributed by atoms with Gasteiger partial charge in [-0.05, 0) is 43.2 Å². The minimum atomic E-state index is -0.351. The van der Waals surface area contributed by atoms with Crippen molar-refractivity contribution in [3.8, 4) is 5.75 Å². The van der Waals surface area contributed by atoms with E-state index in [1.807, 2.05) is 49.4 Å². The van der Waals surface area contributed by atoms with Gasteiger partial charge in [-0.3, -0.25) is 9.59 Å². The van der Waals surface area contributed by atoms with Gasteiger partial charge in [0.1, 0.15) is 5.75 Å². The zero-order valence-corrected chi connectivity index (χ0v) is 16.2. The van der Waals surface area contributed by atoms with Crippen LogP contribution in [0.15, 0.2) is 54.6 Å². The summed E-state index contributed by atoms with van der Waals surface area (Å²) in [5.74, 6) is 0.0447. The van der Waals surface area contributed by atoms with Crippen molar-refractivity contribution in [2.24, 2.45) is 5.92 Å². The van der Waals surface area contributed by atoms with Gasteiger partial charge in [0.25, 0.3) is 5.91 Å². The maximum atomic E-state index is 13.1. The Kier molecular flexibility index (Phi) is 7.86. The second-order valence-corrected chi connectivity index (χ2v) is 6.26. The van der Waals surface area contributed by atoms with Gasteiger partial charge >= 0.3 is 5.97 Å². The highest BCUT2D eigenvalue weighted by atomic mass is 16.5. The number of hydrogen-bond acceptors (Lipinski definition) is 4. The van der Waals surface area contributed by atoms with Crippen LogP contribution < -0.4 is 4.74 Å². The highest BCUT2D eigenvalue weighted by molar-refractivity contribution is 5.94. The topological polar surface area (TPSA) is 55.8 Å². The number of carbonyl (C=O) groups is 2. The normalized spacial score (nSPS) is 11.5. The summed E-state index contributed by atoms with van der Waals surface area (Å²) in [4.78, 5) is 27.0. The zero-order valence-electron chi connectivity index (χ0n) is 16.2. The number of esters is 1. The fourth-order valence-electron chi connectivity index (χ4n) is 2.83. The van der Waals surface area contributed by atoms with Crippen LogP contribution in [-0.2, 0) is 16.1 Å². The number of benzene rings is 2. The first-order valence-corrected chi connectivity index (χ1v) is 9.22. The third-order valence-electron chi connectivity index (χ3n) is 4.39. The van der Waals surface area contributed by atoms with Gasteiger partial charge < -0.3 is 14.4 Å². The Bertz CT molecular complexity index is 728. The van der Waals surface area contributed by atoms with Gasteiger partial charge in [0.15, 0.2) is 0 Å². The van der Waals surface area contributed by atoms with Crippen molar-refractivity contribution in [2.45, 2.75) is 26.8 Å². The molecule has 0 saturated heterocycles. The number of ether oxygens (including phenoxy) is 2. The molecule has 2 rings (SSSR count). The van der Waals surface area contributed by atoms with E-state index in [1.54, 1.807) is 31.1 Å². The Hall–Kier alpha value is -2.82. The summed E-state index contributed by atoms with van der Waals surface area (Å²) >= 11 is 0. The lowest BCUT2D eigenvalue weighted by atomic mass is 10.0. The molecule has 0 aliphatic rings. The van der Waals surface area contributed by atoms with E-state index >= 15 is 0 Å². The van der Waals surface area contributed by atoms with Gasteiger partial charge in [0.2, 0.25) is 0 Å². The molecule has 0 aliphatic carbocycles. The Balaban J connectivity index is 2.23. The summed E-state index contributed by atoms with van der Waals surface area (Å²) in [5.41, 5.74) is 1.57. The molecule has 0 saturated carbocycles. The third kappa shape index (κ3) is 5.84. The smallest absolute Gasteiger partial charge is 0.310 e. The summed E-state index contributed by atoms with van der Waals surface area (Å²) in [6.07, 6.45) is 0.611. The largest absolute Gasteiger partial charge is 0.497 e. The Morgan fingerprint density at radius 1 is 1.00 bits per heavy atom. The molecular formula is C22H27NO4. The van der Waals surface area contributed by atoms with Crippen molar-refractivity contribution >= 4 is 11.9 Å². The lowest BCUT2D eigenvalue weighted by Crippen LogP contribution is -2.38. The van der Waals surface area contributed by atoms with E-state index in [0.717, 1.165) is 11.3 Å². The minimum Gasteiger partial charge on any atom is -0.497 e. The third-order valence-corrected chi connectivity index (χ3v) is 4.39. The van der Waals surface area contributed by atoms with Crippen LogP contribution in [0, 0.1) is 5.92 Å². The lowest BCUT2D eigenvalue weighted by molar-refractivity contribution is -0.148. The predicted octanol–water partition coefficient (Wildman–Crippen LogP) is 3.93. The fraction of sp³-hybridized carbons (Fsp3) is 0.364. The van der Waals surface area contributed by atoms with E-state index in [1.165, 1.54) is 0 Å². The predicted molar refractivity (Wildman–Crippen MR) is 105 cm³/mol. The molecule has 144 valence electrons. The molecule has 1 amide bonds. The maximum absolute atomic E-state index is 13.1. The number of hydrogen-bond donors (Lipinski definition) is 0. The lowest BCUT2D eigenvalue weighted by Gasteiger charge is -2.26. The molecule has 2 aromatic carbocycles. The monoisotopic (exact) mass is 369 g/mol. The molecule has 1 unspecified atom stereocenters. The number of rotatable bonds is 9. The first kappa shape index (κ1) is 20.5. The zero-order chi connectivity index (χ0) is 19.6. The van der Waals surface area contributed by atoms with Crippen LogP contribution in [0.25, 0.3) is 0 Å². The number of carbonyl (C=O) groups excluding carboxylic acids is 2. The van der Waals surface area contributed by atoms with Crippen molar-refractivity contribution in [3.63, 3.8) is 0 Å². The molecule has 0 heterocycles. The average molecular weight is 369 g/mol. The fourth-order valence-corrected chi connectivity index (χ4v) is 2.83. The molecule has 0 aliphatic heterocycles. The van der Waals surface area contributed by atoms with Gasteiger partial charge in [-0.15, -0.1) is 0 Å². The van der Waals surface area contributed by atoms with E-state index in [0.29, 0.717) is 31.7 Å². The van der Waals surface area contributed by atoms with Gasteiger partial charge in [-0.2, -0.15) is 0 Å². The Morgan fingerprint density at radius 2 is 1.67 bits per heavy atom. The number of nitrogens with zero attached hydrogens (tertiary/aromatic N) is 1. The average Bonchev–Trinajstić information content (AvgIpc) is 2.71. The molecule has 0 N–H and O–H groups in total. The van der Waals surface area contributed by atoms with Crippen LogP contribution in [0.3, 0.4) is 0 Å². The van der Waals surface area contributed by atoms with Crippen LogP contribution in [0.1, 0.15) is 36.2 Å². The van der Waals surface area contributed by atoms with E-state index in [9.17, 15) is 9.59 Å². The first-order chi connectivity index (χ1) is 13.1. The van der Waals surface area contributed by atoms with Crippen molar-refractivity contribution in [1.29, 1.82) is 0 Å². The van der Waals surface area contributed by atoms with Crippen LogP contribution in [0.2, 0.25) is 0 Å². The summed E-state index contributed by atoms with van der Waals surface area (Å²) in [6, 6.07) is 16.7. The van der Waals surface area contributed by atoms with Gasteiger partial charge in [-0.1, -0.05) is 37.3 Å². The first-order valence-electron chi connectivity index (χ1n) is 9.22. The molecule has 0 spiro atoms. The van der Waals surface area contributed by atoms with Crippen molar-refractivity contribution < 1.29 is 19.1 Å². The molecule has 5 nitrogen and oxygen atoms in total.